The zero-order valence-corrected chi connectivity index (χ0v) is 11.0. The number of benzene rings is 1. The third kappa shape index (κ3) is 6.55. The molecule has 0 aliphatic rings. The van der Waals surface area contributed by atoms with Crippen molar-refractivity contribution in [2.45, 2.75) is 32.6 Å². The van der Waals surface area contributed by atoms with Gasteiger partial charge in [-0.2, -0.15) is 0 Å². The lowest BCUT2D eigenvalue weighted by Crippen LogP contribution is -2.28. The van der Waals surface area contributed by atoms with Crippen molar-refractivity contribution in [2.75, 3.05) is 11.9 Å². The lowest BCUT2D eigenvalue weighted by Gasteiger charge is -2.06. The first-order valence-corrected chi connectivity index (χ1v) is 6.44. The molecule has 1 aromatic rings. The Labute approximate surface area is 112 Å². The number of anilines is 1. The zero-order chi connectivity index (χ0) is 14.1. The number of unbranched alkanes of at least 4 members (excludes halogenated alkanes) is 2. The average Bonchev–Trinajstić information content (AvgIpc) is 2.37. The molecule has 2 amide bonds. The minimum Gasteiger partial charge on any atom is -0.356 e. The molecule has 1 aromatic carbocycles. The van der Waals surface area contributed by atoms with Crippen molar-refractivity contribution in [2.24, 2.45) is 0 Å². The molecule has 0 aliphatic carbocycles. The summed E-state index contributed by atoms with van der Waals surface area (Å²) in [5, 5.41) is 5.22. The lowest BCUT2D eigenvalue weighted by molar-refractivity contribution is -0.126. The minimum absolute atomic E-state index is 0.219. The van der Waals surface area contributed by atoms with Crippen molar-refractivity contribution in [1.82, 2.24) is 5.32 Å². The Kier molecular flexibility index (Phi) is 6.57. The van der Waals surface area contributed by atoms with Crippen LogP contribution >= 0.6 is 0 Å². The van der Waals surface area contributed by atoms with Crippen molar-refractivity contribution in [3.05, 3.63) is 30.1 Å². The van der Waals surface area contributed by atoms with E-state index in [1.165, 1.54) is 24.3 Å². The van der Waals surface area contributed by atoms with E-state index in [4.69, 9.17) is 0 Å². The highest BCUT2D eigenvalue weighted by atomic mass is 19.1. The van der Waals surface area contributed by atoms with Gasteiger partial charge in [-0.05, 0) is 30.7 Å². The van der Waals surface area contributed by atoms with Gasteiger partial charge in [-0.25, -0.2) is 4.39 Å². The van der Waals surface area contributed by atoms with Gasteiger partial charge in [0.15, 0.2) is 0 Å². The van der Waals surface area contributed by atoms with E-state index in [-0.39, 0.29) is 18.1 Å². The van der Waals surface area contributed by atoms with Crippen molar-refractivity contribution in [1.29, 1.82) is 0 Å². The van der Waals surface area contributed by atoms with E-state index in [9.17, 15) is 14.0 Å². The zero-order valence-electron chi connectivity index (χ0n) is 11.0. The topological polar surface area (TPSA) is 58.2 Å². The van der Waals surface area contributed by atoms with Crippen molar-refractivity contribution < 1.29 is 14.0 Å². The molecule has 0 heterocycles. The molecule has 0 saturated carbocycles. The monoisotopic (exact) mass is 266 g/mol. The Morgan fingerprint density at radius 3 is 2.42 bits per heavy atom. The Balaban J connectivity index is 2.26. The van der Waals surface area contributed by atoms with Crippen LogP contribution in [0.3, 0.4) is 0 Å². The summed E-state index contributed by atoms with van der Waals surface area (Å²) in [5.74, 6) is -1.07. The second-order valence-electron chi connectivity index (χ2n) is 4.29. The SMILES string of the molecule is CCCCCNC(=O)CC(=O)Nc1ccc(F)cc1. The fourth-order valence-corrected chi connectivity index (χ4v) is 1.55. The maximum Gasteiger partial charge on any atom is 0.233 e. The first-order valence-electron chi connectivity index (χ1n) is 6.44. The second kappa shape index (κ2) is 8.24. The van der Waals surface area contributed by atoms with Crippen LogP contribution in [-0.4, -0.2) is 18.4 Å². The molecular weight excluding hydrogens is 247 g/mol. The quantitative estimate of drug-likeness (QED) is 0.588. The van der Waals surface area contributed by atoms with Crippen LogP contribution < -0.4 is 10.6 Å². The van der Waals surface area contributed by atoms with Crippen LogP contribution in [-0.2, 0) is 9.59 Å². The highest BCUT2D eigenvalue weighted by Crippen LogP contribution is 2.08. The van der Waals surface area contributed by atoms with Gasteiger partial charge in [0.25, 0.3) is 0 Å². The molecular formula is C14H19FN2O2. The van der Waals surface area contributed by atoms with Gasteiger partial charge < -0.3 is 10.6 Å². The van der Waals surface area contributed by atoms with E-state index >= 15 is 0 Å². The fourth-order valence-electron chi connectivity index (χ4n) is 1.55. The number of carbonyl (C=O) groups excluding carboxylic acids is 2. The highest BCUT2D eigenvalue weighted by molar-refractivity contribution is 6.03. The molecule has 0 bridgehead atoms. The van der Waals surface area contributed by atoms with Gasteiger partial charge in [0.05, 0.1) is 0 Å². The van der Waals surface area contributed by atoms with Crippen LogP contribution in [0.5, 0.6) is 0 Å². The molecule has 0 unspecified atom stereocenters. The fraction of sp³-hybridized carbons (Fsp3) is 0.429. The van der Waals surface area contributed by atoms with Crippen molar-refractivity contribution >= 4 is 17.5 Å². The van der Waals surface area contributed by atoms with Gasteiger partial charge in [0.2, 0.25) is 11.8 Å². The predicted octanol–water partition coefficient (Wildman–Crippen LogP) is 2.46. The number of carbonyl (C=O) groups is 2. The summed E-state index contributed by atoms with van der Waals surface area (Å²) < 4.78 is 12.7. The molecule has 0 atom stereocenters. The molecule has 104 valence electrons. The Hall–Kier alpha value is -1.91. The smallest absolute Gasteiger partial charge is 0.233 e. The standard InChI is InChI=1S/C14H19FN2O2/c1-2-3-4-9-16-13(18)10-14(19)17-12-7-5-11(15)6-8-12/h5-8H,2-4,9-10H2,1H3,(H,16,18)(H,17,19). The third-order valence-electron chi connectivity index (χ3n) is 2.55. The minimum atomic E-state index is -0.403. The summed E-state index contributed by atoms with van der Waals surface area (Å²) in [5.41, 5.74) is 0.477. The van der Waals surface area contributed by atoms with E-state index in [2.05, 4.69) is 17.6 Å². The Morgan fingerprint density at radius 2 is 1.79 bits per heavy atom. The predicted molar refractivity (Wildman–Crippen MR) is 72.2 cm³/mol. The summed E-state index contributed by atoms with van der Waals surface area (Å²) in [6.45, 7) is 2.68. The van der Waals surface area contributed by atoms with Crippen LogP contribution in [0.2, 0.25) is 0 Å². The molecule has 2 N–H and O–H groups in total. The molecule has 0 radical (unpaired) electrons. The van der Waals surface area contributed by atoms with E-state index in [0.717, 1.165) is 19.3 Å². The largest absolute Gasteiger partial charge is 0.356 e. The van der Waals surface area contributed by atoms with Gasteiger partial charge in [0, 0.05) is 12.2 Å². The van der Waals surface area contributed by atoms with Crippen LogP contribution in [0.25, 0.3) is 0 Å². The van der Waals surface area contributed by atoms with Crippen molar-refractivity contribution in [3.63, 3.8) is 0 Å². The summed E-state index contributed by atoms with van der Waals surface area (Å²) in [4.78, 5) is 23.0. The summed E-state index contributed by atoms with van der Waals surface area (Å²) in [6, 6.07) is 5.40. The Morgan fingerprint density at radius 1 is 1.11 bits per heavy atom. The van der Waals surface area contributed by atoms with E-state index in [1.807, 2.05) is 0 Å². The lowest BCUT2D eigenvalue weighted by atomic mass is 10.2. The van der Waals surface area contributed by atoms with Crippen LogP contribution in [0, 0.1) is 5.82 Å². The first-order chi connectivity index (χ1) is 9.11. The van der Waals surface area contributed by atoms with E-state index in [0.29, 0.717) is 12.2 Å². The van der Waals surface area contributed by atoms with Gasteiger partial charge in [-0.1, -0.05) is 19.8 Å². The Bertz CT molecular complexity index is 418. The van der Waals surface area contributed by atoms with Crippen molar-refractivity contribution in [3.8, 4) is 0 Å². The van der Waals surface area contributed by atoms with E-state index in [1.54, 1.807) is 0 Å². The third-order valence-corrected chi connectivity index (χ3v) is 2.55. The average molecular weight is 266 g/mol. The molecule has 0 spiro atoms. The molecule has 0 aliphatic heterocycles. The van der Waals surface area contributed by atoms with Gasteiger partial charge >= 0.3 is 0 Å². The van der Waals surface area contributed by atoms with E-state index < -0.39 is 5.91 Å². The maximum absolute atomic E-state index is 12.7. The molecule has 0 aromatic heterocycles. The number of amides is 2. The van der Waals surface area contributed by atoms with Gasteiger partial charge in [0.1, 0.15) is 12.2 Å². The molecule has 1 rings (SSSR count). The molecule has 0 fully saturated rings. The molecule has 5 heteroatoms. The van der Waals surface area contributed by atoms with Crippen LogP contribution in [0.15, 0.2) is 24.3 Å². The number of halogens is 1. The van der Waals surface area contributed by atoms with Crippen LogP contribution in [0.1, 0.15) is 32.6 Å². The number of nitrogens with one attached hydrogen (secondary N) is 2. The highest BCUT2D eigenvalue weighted by Gasteiger charge is 2.08. The first kappa shape index (κ1) is 15.1. The maximum atomic E-state index is 12.7. The van der Waals surface area contributed by atoms with Crippen LogP contribution in [0.4, 0.5) is 10.1 Å². The molecule has 0 saturated heterocycles. The molecule has 19 heavy (non-hydrogen) atoms. The summed E-state index contributed by atoms with van der Waals surface area (Å²) in [6.07, 6.45) is 2.84. The number of hydrogen-bond acceptors (Lipinski definition) is 2. The summed E-state index contributed by atoms with van der Waals surface area (Å²) >= 11 is 0. The van der Waals surface area contributed by atoms with Gasteiger partial charge in [-0.15, -0.1) is 0 Å². The molecule has 4 nitrogen and oxygen atoms in total. The normalized spacial score (nSPS) is 10.0. The number of hydrogen-bond donors (Lipinski definition) is 2. The second-order valence-corrected chi connectivity index (χ2v) is 4.29. The number of rotatable bonds is 7. The summed E-state index contributed by atoms with van der Waals surface area (Å²) in [7, 11) is 0. The van der Waals surface area contributed by atoms with Gasteiger partial charge in [-0.3, -0.25) is 9.59 Å².